The molecule has 0 fully saturated rings. The Bertz CT molecular complexity index is 265. The van der Waals surface area contributed by atoms with Crippen LogP contribution in [-0.4, -0.2) is 0 Å². The summed E-state index contributed by atoms with van der Waals surface area (Å²) in [4.78, 5) is 0. The minimum atomic E-state index is 0.902. The fraction of sp³-hybridized carbons (Fsp3) is 0.840. The van der Waals surface area contributed by atoms with E-state index in [1.807, 2.05) is 0 Å². The second-order valence-corrected chi connectivity index (χ2v) is 8.01. The quantitative estimate of drug-likeness (QED) is 0.161. The van der Waals surface area contributed by atoms with E-state index in [9.17, 15) is 0 Å². The van der Waals surface area contributed by atoms with Gasteiger partial charge in [-0.05, 0) is 37.5 Å². The SMILES string of the molecule is [CH2]CCCCCCCC=CCCCCC(CCCCC[CH2])C(C)CC. The van der Waals surface area contributed by atoms with E-state index in [2.05, 4.69) is 39.8 Å². The molecule has 0 saturated carbocycles. The highest BCUT2D eigenvalue weighted by Gasteiger charge is 2.14. The standard InChI is InChI=1S/C25H48/c1-5-8-10-12-13-14-15-16-17-18-19-21-23-25(24(4)7-3)22-20-11-9-6-2/h16-17,24-25H,1-2,5-15,18-23H2,3-4H3. The van der Waals surface area contributed by atoms with Crippen molar-refractivity contribution in [2.45, 2.75) is 123 Å². The second kappa shape index (κ2) is 20.1. The maximum absolute atomic E-state index is 3.96. The molecule has 0 N–H and O–H groups in total. The zero-order valence-corrected chi connectivity index (χ0v) is 17.7. The van der Waals surface area contributed by atoms with Crippen LogP contribution in [0.4, 0.5) is 0 Å². The average molecular weight is 349 g/mol. The molecule has 2 radical (unpaired) electrons. The van der Waals surface area contributed by atoms with Gasteiger partial charge in [0.15, 0.2) is 0 Å². The van der Waals surface area contributed by atoms with E-state index in [1.54, 1.807) is 0 Å². The summed E-state index contributed by atoms with van der Waals surface area (Å²) < 4.78 is 0. The summed E-state index contributed by atoms with van der Waals surface area (Å²) in [5.74, 6) is 1.86. The molecule has 2 atom stereocenters. The zero-order valence-electron chi connectivity index (χ0n) is 17.7. The Hall–Kier alpha value is -0.260. The van der Waals surface area contributed by atoms with Gasteiger partial charge in [0.25, 0.3) is 0 Å². The van der Waals surface area contributed by atoms with Gasteiger partial charge >= 0.3 is 0 Å². The topological polar surface area (TPSA) is 0 Å². The summed E-state index contributed by atoms with van der Waals surface area (Å²) in [6.07, 6.45) is 27.6. The van der Waals surface area contributed by atoms with Crippen LogP contribution in [0.1, 0.15) is 123 Å². The molecule has 2 unspecified atom stereocenters. The smallest absolute Gasteiger partial charge is 0.0351 e. The van der Waals surface area contributed by atoms with Crippen LogP contribution in [0, 0.1) is 25.7 Å². The van der Waals surface area contributed by atoms with Gasteiger partial charge in [-0.1, -0.05) is 123 Å². The molecule has 0 aromatic carbocycles. The van der Waals surface area contributed by atoms with E-state index in [1.165, 1.54) is 96.3 Å². The lowest BCUT2D eigenvalue weighted by atomic mass is 9.83. The molecule has 25 heavy (non-hydrogen) atoms. The minimum Gasteiger partial charge on any atom is -0.0885 e. The Morgan fingerprint density at radius 3 is 1.64 bits per heavy atom. The second-order valence-electron chi connectivity index (χ2n) is 8.01. The lowest BCUT2D eigenvalue weighted by Crippen LogP contribution is -2.11. The summed E-state index contributed by atoms with van der Waals surface area (Å²) >= 11 is 0. The van der Waals surface area contributed by atoms with Crippen LogP contribution < -0.4 is 0 Å². The summed E-state index contributed by atoms with van der Waals surface area (Å²) in [5, 5.41) is 0. The highest BCUT2D eigenvalue weighted by molar-refractivity contribution is 4.81. The summed E-state index contributed by atoms with van der Waals surface area (Å²) in [7, 11) is 0. The maximum atomic E-state index is 3.96. The lowest BCUT2D eigenvalue weighted by Gasteiger charge is -2.23. The largest absolute Gasteiger partial charge is 0.0885 e. The first-order valence-corrected chi connectivity index (χ1v) is 11.5. The first-order valence-electron chi connectivity index (χ1n) is 11.5. The van der Waals surface area contributed by atoms with Gasteiger partial charge in [-0.3, -0.25) is 0 Å². The molecular weight excluding hydrogens is 300 g/mol. The van der Waals surface area contributed by atoms with Crippen LogP contribution in [0.5, 0.6) is 0 Å². The molecule has 0 aliphatic carbocycles. The molecule has 0 spiro atoms. The first kappa shape index (κ1) is 24.7. The van der Waals surface area contributed by atoms with E-state index in [0.29, 0.717) is 0 Å². The molecule has 0 saturated heterocycles. The van der Waals surface area contributed by atoms with Gasteiger partial charge in [-0.25, -0.2) is 0 Å². The van der Waals surface area contributed by atoms with E-state index >= 15 is 0 Å². The van der Waals surface area contributed by atoms with E-state index < -0.39 is 0 Å². The molecule has 0 rings (SSSR count). The van der Waals surface area contributed by atoms with Crippen molar-refractivity contribution < 1.29 is 0 Å². The van der Waals surface area contributed by atoms with Gasteiger partial charge < -0.3 is 0 Å². The van der Waals surface area contributed by atoms with Crippen LogP contribution in [0.15, 0.2) is 12.2 Å². The van der Waals surface area contributed by atoms with E-state index in [-0.39, 0.29) is 0 Å². The number of hydrogen-bond acceptors (Lipinski definition) is 0. The predicted octanol–water partition coefficient (Wildman–Crippen LogP) is 9.11. The normalized spacial score (nSPS) is 14.2. The molecule has 0 aromatic heterocycles. The molecule has 0 aliphatic rings. The van der Waals surface area contributed by atoms with Crippen molar-refractivity contribution in [3.63, 3.8) is 0 Å². The van der Waals surface area contributed by atoms with Crippen molar-refractivity contribution in [3.8, 4) is 0 Å². The van der Waals surface area contributed by atoms with Crippen molar-refractivity contribution in [1.29, 1.82) is 0 Å². The van der Waals surface area contributed by atoms with Gasteiger partial charge in [-0.2, -0.15) is 0 Å². The third kappa shape index (κ3) is 16.9. The molecule has 0 nitrogen and oxygen atoms in total. The lowest BCUT2D eigenvalue weighted by molar-refractivity contribution is 0.290. The van der Waals surface area contributed by atoms with Gasteiger partial charge in [0, 0.05) is 0 Å². The molecule has 0 aromatic rings. The minimum absolute atomic E-state index is 0.902. The fourth-order valence-electron chi connectivity index (χ4n) is 3.68. The van der Waals surface area contributed by atoms with Crippen molar-refractivity contribution in [2.24, 2.45) is 11.8 Å². The van der Waals surface area contributed by atoms with Crippen molar-refractivity contribution >= 4 is 0 Å². The average Bonchev–Trinajstić information content (AvgIpc) is 2.63. The Kier molecular flexibility index (Phi) is 19.8. The Morgan fingerprint density at radius 1 is 0.640 bits per heavy atom. The van der Waals surface area contributed by atoms with E-state index in [0.717, 1.165) is 24.7 Å². The molecular formula is C25H48. The fourth-order valence-corrected chi connectivity index (χ4v) is 3.68. The molecule has 0 aliphatic heterocycles. The molecule has 0 heteroatoms. The van der Waals surface area contributed by atoms with Gasteiger partial charge in [-0.15, -0.1) is 0 Å². The van der Waals surface area contributed by atoms with Gasteiger partial charge in [0.05, 0.1) is 0 Å². The monoisotopic (exact) mass is 348 g/mol. The summed E-state index contributed by atoms with van der Waals surface area (Å²) in [6.45, 7) is 12.7. The summed E-state index contributed by atoms with van der Waals surface area (Å²) in [6, 6.07) is 0. The Morgan fingerprint density at radius 2 is 1.08 bits per heavy atom. The molecule has 148 valence electrons. The maximum Gasteiger partial charge on any atom is -0.0351 e. The Labute approximate surface area is 161 Å². The van der Waals surface area contributed by atoms with Crippen molar-refractivity contribution in [1.82, 2.24) is 0 Å². The number of unbranched alkanes of at least 4 members (excludes halogenated alkanes) is 11. The third-order valence-electron chi connectivity index (χ3n) is 5.76. The summed E-state index contributed by atoms with van der Waals surface area (Å²) in [5.41, 5.74) is 0. The van der Waals surface area contributed by atoms with Crippen LogP contribution in [-0.2, 0) is 0 Å². The predicted molar refractivity (Wildman–Crippen MR) is 117 cm³/mol. The molecule has 0 bridgehead atoms. The van der Waals surface area contributed by atoms with Gasteiger partial charge in [0.2, 0.25) is 0 Å². The Balaban J connectivity index is 3.61. The highest BCUT2D eigenvalue weighted by Crippen LogP contribution is 2.27. The van der Waals surface area contributed by atoms with Crippen LogP contribution in [0.2, 0.25) is 0 Å². The van der Waals surface area contributed by atoms with Crippen LogP contribution in [0.25, 0.3) is 0 Å². The van der Waals surface area contributed by atoms with Crippen molar-refractivity contribution in [3.05, 3.63) is 26.0 Å². The molecule has 0 amide bonds. The first-order chi connectivity index (χ1) is 12.3. The number of hydrogen-bond donors (Lipinski definition) is 0. The van der Waals surface area contributed by atoms with Crippen LogP contribution >= 0.6 is 0 Å². The van der Waals surface area contributed by atoms with Gasteiger partial charge in [0.1, 0.15) is 0 Å². The zero-order chi connectivity index (χ0) is 18.6. The van der Waals surface area contributed by atoms with E-state index in [4.69, 9.17) is 0 Å². The third-order valence-corrected chi connectivity index (χ3v) is 5.76. The molecule has 0 heterocycles. The highest BCUT2D eigenvalue weighted by atomic mass is 14.2. The van der Waals surface area contributed by atoms with Crippen molar-refractivity contribution in [2.75, 3.05) is 0 Å². The number of rotatable bonds is 19. The number of allylic oxidation sites excluding steroid dienone is 2. The van der Waals surface area contributed by atoms with Crippen LogP contribution in [0.3, 0.4) is 0 Å².